The van der Waals surface area contributed by atoms with Gasteiger partial charge in [0.05, 0.1) is 25.9 Å². The van der Waals surface area contributed by atoms with Gasteiger partial charge in [0.1, 0.15) is 0 Å². The average Bonchev–Trinajstić information content (AvgIpc) is 2.23. The number of hydrogen-bond acceptors (Lipinski definition) is 4. The average molecular weight is 219 g/mol. The Balaban J connectivity index is 3.51. The number of ether oxygens (including phenoxy) is 2. The number of nitrogens with two attached hydrogens (primary N) is 1. The van der Waals surface area contributed by atoms with E-state index in [9.17, 15) is 0 Å². The first-order chi connectivity index (χ1) is 7.26. The zero-order chi connectivity index (χ0) is 11.5. The predicted octanol–water partition coefficient (Wildman–Crippen LogP) is 0.918. The van der Waals surface area contributed by atoms with Crippen molar-refractivity contribution in [3.05, 3.63) is 0 Å². The lowest BCUT2D eigenvalue weighted by Crippen LogP contribution is -2.39. The minimum atomic E-state index is -0.254. The smallest absolute Gasteiger partial charge is 0.0957 e. The Hall–Kier alpha value is -0.160. The van der Waals surface area contributed by atoms with Crippen molar-refractivity contribution in [2.45, 2.75) is 45.3 Å². The molecule has 0 fully saturated rings. The van der Waals surface area contributed by atoms with Gasteiger partial charge in [0.15, 0.2) is 0 Å². The minimum absolute atomic E-state index is 0.0189. The van der Waals surface area contributed by atoms with Crippen molar-refractivity contribution in [3.8, 4) is 0 Å². The number of hydrogen-bond donors (Lipinski definition) is 2. The monoisotopic (exact) mass is 219 g/mol. The highest BCUT2D eigenvalue weighted by atomic mass is 16.5. The minimum Gasteiger partial charge on any atom is -0.394 e. The van der Waals surface area contributed by atoms with E-state index in [1.807, 2.05) is 0 Å². The Bertz CT molecular complexity index is 133. The highest BCUT2D eigenvalue weighted by Gasteiger charge is 2.16. The van der Waals surface area contributed by atoms with Crippen LogP contribution in [-0.2, 0) is 9.47 Å². The second-order valence-corrected chi connectivity index (χ2v) is 3.66. The fourth-order valence-corrected chi connectivity index (χ4v) is 1.34. The van der Waals surface area contributed by atoms with E-state index in [-0.39, 0.29) is 18.8 Å². The lowest BCUT2D eigenvalue weighted by molar-refractivity contribution is -0.0310. The predicted molar refractivity (Wildman–Crippen MR) is 60.8 cm³/mol. The van der Waals surface area contributed by atoms with Crippen LogP contribution >= 0.6 is 0 Å². The Morgan fingerprint density at radius 3 is 2.40 bits per heavy atom. The van der Waals surface area contributed by atoms with Crippen LogP contribution in [0, 0.1) is 0 Å². The summed E-state index contributed by atoms with van der Waals surface area (Å²) < 4.78 is 10.7. The zero-order valence-electron chi connectivity index (χ0n) is 9.95. The molecule has 15 heavy (non-hydrogen) atoms. The van der Waals surface area contributed by atoms with Crippen LogP contribution in [0.15, 0.2) is 0 Å². The van der Waals surface area contributed by atoms with Gasteiger partial charge in [-0.3, -0.25) is 0 Å². The number of aliphatic hydroxyl groups excluding tert-OH is 1. The lowest BCUT2D eigenvalue weighted by atomic mass is 10.1. The maximum Gasteiger partial charge on any atom is 0.0957 e. The Morgan fingerprint density at radius 1 is 1.13 bits per heavy atom. The van der Waals surface area contributed by atoms with Crippen molar-refractivity contribution >= 4 is 0 Å². The number of aliphatic hydroxyl groups is 1. The number of rotatable bonds is 10. The molecule has 92 valence electrons. The van der Waals surface area contributed by atoms with E-state index in [1.54, 1.807) is 0 Å². The first-order valence-electron chi connectivity index (χ1n) is 5.82. The first-order valence-corrected chi connectivity index (χ1v) is 5.82. The van der Waals surface area contributed by atoms with Crippen LogP contribution in [0.5, 0.6) is 0 Å². The molecular formula is C11H25NO3. The second kappa shape index (κ2) is 10.4. The van der Waals surface area contributed by atoms with E-state index in [1.165, 1.54) is 0 Å². The van der Waals surface area contributed by atoms with Gasteiger partial charge in [-0.2, -0.15) is 0 Å². The Kier molecular flexibility index (Phi) is 10.3. The maximum absolute atomic E-state index is 9.08. The molecule has 3 N–H and O–H groups in total. The SMILES string of the molecule is CCCOCCOC(CO)C(N)CCC. The third kappa shape index (κ3) is 7.73. The molecule has 2 unspecified atom stereocenters. The molecule has 0 aromatic rings. The third-order valence-electron chi connectivity index (χ3n) is 2.19. The van der Waals surface area contributed by atoms with E-state index < -0.39 is 0 Å². The molecule has 4 nitrogen and oxygen atoms in total. The molecule has 0 aromatic heterocycles. The van der Waals surface area contributed by atoms with Crippen molar-refractivity contribution in [2.75, 3.05) is 26.4 Å². The molecule has 0 heterocycles. The molecule has 0 radical (unpaired) electrons. The van der Waals surface area contributed by atoms with Crippen molar-refractivity contribution in [3.63, 3.8) is 0 Å². The highest BCUT2D eigenvalue weighted by molar-refractivity contribution is 4.71. The van der Waals surface area contributed by atoms with Crippen LogP contribution in [0.1, 0.15) is 33.1 Å². The van der Waals surface area contributed by atoms with Gasteiger partial charge in [-0.15, -0.1) is 0 Å². The normalized spacial score (nSPS) is 15.2. The summed E-state index contributed by atoms with van der Waals surface area (Å²) in [6.07, 6.45) is 2.64. The van der Waals surface area contributed by atoms with Crippen molar-refractivity contribution in [2.24, 2.45) is 5.73 Å². The van der Waals surface area contributed by atoms with Gasteiger partial charge in [0.2, 0.25) is 0 Å². The van der Waals surface area contributed by atoms with Gasteiger partial charge in [0, 0.05) is 12.6 Å². The molecule has 4 heteroatoms. The van der Waals surface area contributed by atoms with Gasteiger partial charge < -0.3 is 20.3 Å². The van der Waals surface area contributed by atoms with Crippen molar-refractivity contribution < 1.29 is 14.6 Å². The van der Waals surface area contributed by atoms with Crippen LogP contribution in [0.3, 0.4) is 0 Å². The molecule has 2 atom stereocenters. The summed E-state index contributed by atoms with van der Waals surface area (Å²) in [7, 11) is 0. The largest absolute Gasteiger partial charge is 0.394 e. The van der Waals surface area contributed by atoms with Gasteiger partial charge in [-0.1, -0.05) is 20.3 Å². The summed E-state index contributed by atoms with van der Waals surface area (Å²) in [4.78, 5) is 0. The van der Waals surface area contributed by atoms with Crippen LogP contribution in [0.25, 0.3) is 0 Å². The standard InChI is InChI=1S/C11H25NO3/c1-3-5-10(12)11(9-13)15-8-7-14-6-4-2/h10-11,13H,3-9,12H2,1-2H3. The van der Waals surface area contributed by atoms with Crippen molar-refractivity contribution in [1.29, 1.82) is 0 Å². The van der Waals surface area contributed by atoms with E-state index in [0.717, 1.165) is 25.9 Å². The maximum atomic E-state index is 9.08. The van der Waals surface area contributed by atoms with Gasteiger partial charge in [0.25, 0.3) is 0 Å². The summed E-state index contributed by atoms with van der Waals surface area (Å²) in [5.41, 5.74) is 5.85. The Morgan fingerprint density at radius 2 is 1.87 bits per heavy atom. The summed E-state index contributed by atoms with van der Waals surface area (Å²) in [6.45, 7) is 5.95. The fourth-order valence-electron chi connectivity index (χ4n) is 1.34. The zero-order valence-corrected chi connectivity index (χ0v) is 9.95. The summed E-state index contributed by atoms with van der Waals surface area (Å²) in [5.74, 6) is 0. The molecule has 0 saturated heterocycles. The fraction of sp³-hybridized carbons (Fsp3) is 1.00. The molecular weight excluding hydrogens is 194 g/mol. The van der Waals surface area contributed by atoms with Gasteiger partial charge in [-0.05, 0) is 12.8 Å². The van der Waals surface area contributed by atoms with Crippen LogP contribution in [-0.4, -0.2) is 43.7 Å². The molecule has 0 aliphatic carbocycles. The van der Waals surface area contributed by atoms with Crippen molar-refractivity contribution in [1.82, 2.24) is 0 Å². The lowest BCUT2D eigenvalue weighted by Gasteiger charge is -2.21. The van der Waals surface area contributed by atoms with E-state index >= 15 is 0 Å². The van der Waals surface area contributed by atoms with Gasteiger partial charge >= 0.3 is 0 Å². The topological polar surface area (TPSA) is 64.7 Å². The van der Waals surface area contributed by atoms with E-state index in [2.05, 4.69) is 13.8 Å². The molecule has 0 saturated carbocycles. The summed E-state index contributed by atoms with van der Waals surface area (Å²) in [6, 6.07) is -0.0776. The first kappa shape index (κ1) is 14.8. The quantitative estimate of drug-likeness (QED) is 0.536. The summed E-state index contributed by atoms with van der Waals surface area (Å²) in [5, 5.41) is 9.08. The van der Waals surface area contributed by atoms with E-state index in [4.69, 9.17) is 20.3 Å². The van der Waals surface area contributed by atoms with E-state index in [0.29, 0.717) is 13.2 Å². The molecule has 0 amide bonds. The van der Waals surface area contributed by atoms with Crippen LogP contribution in [0.4, 0.5) is 0 Å². The molecule has 0 bridgehead atoms. The second-order valence-electron chi connectivity index (χ2n) is 3.66. The molecule has 0 spiro atoms. The van der Waals surface area contributed by atoms with Crippen LogP contribution in [0.2, 0.25) is 0 Å². The third-order valence-corrected chi connectivity index (χ3v) is 2.19. The molecule has 0 aromatic carbocycles. The molecule has 0 aliphatic rings. The summed E-state index contributed by atoms with van der Waals surface area (Å²) >= 11 is 0. The molecule has 0 aliphatic heterocycles. The van der Waals surface area contributed by atoms with Crippen LogP contribution < -0.4 is 5.73 Å². The Labute approximate surface area is 92.7 Å². The molecule has 0 rings (SSSR count). The van der Waals surface area contributed by atoms with Gasteiger partial charge in [-0.25, -0.2) is 0 Å². The highest BCUT2D eigenvalue weighted by Crippen LogP contribution is 2.03.